The highest BCUT2D eigenvalue weighted by Gasteiger charge is 2.19. The van der Waals surface area contributed by atoms with Crippen molar-refractivity contribution in [3.05, 3.63) is 44.1 Å². The van der Waals surface area contributed by atoms with Gasteiger partial charge in [-0.15, -0.1) is 11.3 Å². The van der Waals surface area contributed by atoms with Crippen molar-refractivity contribution >= 4 is 43.0 Å². The molecule has 2 rings (SSSR count). The Kier molecular flexibility index (Phi) is 4.03. The second kappa shape index (κ2) is 5.26. The van der Waals surface area contributed by atoms with Crippen molar-refractivity contribution in [1.82, 2.24) is 0 Å². The Labute approximate surface area is 125 Å². The van der Waals surface area contributed by atoms with Crippen molar-refractivity contribution < 1.29 is 8.42 Å². The molecular weight excluding hydrogens is 346 g/mol. The van der Waals surface area contributed by atoms with E-state index >= 15 is 0 Å². The molecule has 0 amide bonds. The average Bonchev–Trinajstić information content (AvgIpc) is 2.63. The predicted molar refractivity (Wildman–Crippen MR) is 83.5 cm³/mol. The average molecular weight is 360 g/mol. The maximum atomic E-state index is 12.4. The van der Waals surface area contributed by atoms with Crippen LogP contribution in [0.4, 0.5) is 5.69 Å². The first-order chi connectivity index (χ1) is 8.79. The van der Waals surface area contributed by atoms with Gasteiger partial charge in [0.25, 0.3) is 10.0 Å². The van der Waals surface area contributed by atoms with Crippen LogP contribution in [0, 0.1) is 20.8 Å². The Morgan fingerprint density at radius 1 is 1.16 bits per heavy atom. The van der Waals surface area contributed by atoms with Crippen LogP contribution in [0.15, 0.2) is 33.6 Å². The van der Waals surface area contributed by atoms with Crippen LogP contribution in [0.5, 0.6) is 0 Å². The zero-order valence-electron chi connectivity index (χ0n) is 10.8. The van der Waals surface area contributed by atoms with Crippen LogP contribution in [0.2, 0.25) is 0 Å². The van der Waals surface area contributed by atoms with Gasteiger partial charge in [0.1, 0.15) is 4.90 Å². The fourth-order valence-electron chi connectivity index (χ4n) is 1.82. The lowest BCUT2D eigenvalue weighted by molar-refractivity contribution is 0.601. The molecular formula is C13H14BrNO2S2. The zero-order chi connectivity index (χ0) is 14.2. The maximum absolute atomic E-state index is 12.4. The van der Waals surface area contributed by atoms with Crippen LogP contribution in [-0.2, 0) is 10.0 Å². The summed E-state index contributed by atoms with van der Waals surface area (Å²) in [6.45, 7) is 5.59. The van der Waals surface area contributed by atoms with E-state index in [0.717, 1.165) is 19.8 Å². The van der Waals surface area contributed by atoms with Crippen molar-refractivity contribution in [1.29, 1.82) is 0 Å². The van der Waals surface area contributed by atoms with Crippen LogP contribution in [0.1, 0.15) is 15.3 Å². The van der Waals surface area contributed by atoms with E-state index in [-0.39, 0.29) is 0 Å². The van der Waals surface area contributed by atoms with E-state index in [4.69, 9.17) is 0 Å². The monoisotopic (exact) mass is 359 g/mol. The van der Waals surface area contributed by atoms with Gasteiger partial charge in [-0.25, -0.2) is 8.42 Å². The Balaban J connectivity index is 2.39. The molecule has 0 saturated carbocycles. The molecule has 0 aliphatic carbocycles. The minimum absolute atomic E-state index is 0.359. The number of sulfonamides is 1. The summed E-state index contributed by atoms with van der Waals surface area (Å²) in [7, 11) is -3.51. The number of rotatable bonds is 3. The fraction of sp³-hybridized carbons (Fsp3) is 0.231. The van der Waals surface area contributed by atoms with Crippen LogP contribution in [0.25, 0.3) is 0 Å². The first kappa shape index (κ1) is 14.6. The number of aryl methyl sites for hydroxylation is 3. The molecule has 102 valence electrons. The lowest BCUT2D eigenvalue weighted by atomic mass is 10.2. The topological polar surface area (TPSA) is 46.2 Å². The van der Waals surface area contributed by atoms with Gasteiger partial charge in [0.2, 0.25) is 0 Å². The van der Waals surface area contributed by atoms with E-state index in [0.29, 0.717) is 10.6 Å². The van der Waals surface area contributed by atoms with Crippen LogP contribution in [0.3, 0.4) is 0 Å². The zero-order valence-corrected chi connectivity index (χ0v) is 14.0. The number of benzene rings is 1. The van der Waals surface area contributed by atoms with Gasteiger partial charge >= 0.3 is 0 Å². The Morgan fingerprint density at radius 3 is 2.37 bits per heavy atom. The summed E-state index contributed by atoms with van der Waals surface area (Å²) in [5, 5.41) is 0. The van der Waals surface area contributed by atoms with Crippen molar-refractivity contribution in [3.63, 3.8) is 0 Å². The molecule has 1 aromatic carbocycles. The normalized spacial score (nSPS) is 11.6. The number of nitrogens with one attached hydrogen (secondary N) is 1. The summed E-state index contributed by atoms with van der Waals surface area (Å²) in [5.74, 6) is 0. The molecule has 3 nitrogen and oxygen atoms in total. The third kappa shape index (κ3) is 3.19. The van der Waals surface area contributed by atoms with Gasteiger partial charge in [-0.05, 0) is 50.6 Å². The van der Waals surface area contributed by atoms with Gasteiger partial charge in [-0.1, -0.05) is 15.9 Å². The maximum Gasteiger partial charge on any atom is 0.263 e. The summed E-state index contributed by atoms with van der Waals surface area (Å²) >= 11 is 4.85. The second-order valence-corrected chi connectivity index (χ2v) is 8.37. The van der Waals surface area contributed by atoms with Crippen molar-refractivity contribution in [2.45, 2.75) is 25.7 Å². The largest absolute Gasteiger partial charge is 0.279 e. The molecule has 0 bridgehead atoms. The minimum atomic E-state index is -3.51. The van der Waals surface area contributed by atoms with Gasteiger partial charge in [-0.2, -0.15) is 0 Å². The quantitative estimate of drug-likeness (QED) is 0.890. The molecule has 0 unspecified atom stereocenters. The molecule has 1 N–H and O–H groups in total. The van der Waals surface area contributed by atoms with E-state index < -0.39 is 10.0 Å². The summed E-state index contributed by atoms with van der Waals surface area (Å²) in [5.41, 5.74) is 1.48. The molecule has 0 atom stereocenters. The molecule has 0 radical (unpaired) electrons. The van der Waals surface area contributed by atoms with Crippen LogP contribution in [-0.4, -0.2) is 8.42 Å². The van der Waals surface area contributed by atoms with Gasteiger partial charge in [0.15, 0.2) is 0 Å². The summed E-state index contributed by atoms with van der Waals surface area (Å²) in [6, 6.07) is 7.15. The van der Waals surface area contributed by atoms with E-state index in [9.17, 15) is 8.42 Å². The molecule has 1 aromatic heterocycles. The third-order valence-corrected chi connectivity index (χ3v) is 5.80. The Morgan fingerprint density at radius 2 is 1.84 bits per heavy atom. The van der Waals surface area contributed by atoms with Crippen molar-refractivity contribution in [2.24, 2.45) is 0 Å². The molecule has 6 heteroatoms. The number of hydrogen-bond donors (Lipinski definition) is 1. The van der Waals surface area contributed by atoms with Crippen molar-refractivity contribution in [3.8, 4) is 0 Å². The Hall–Kier alpha value is -0.850. The van der Waals surface area contributed by atoms with Gasteiger partial charge in [0.05, 0.1) is 5.69 Å². The predicted octanol–water partition coefficient (Wildman–Crippen LogP) is 4.24. The molecule has 19 heavy (non-hydrogen) atoms. The molecule has 0 aliphatic heterocycles. The lowest BCUT2D eigenvalue weighted by Crippen LogP contribution is -2.13. The van der Waals surface area contributed by atoms with E-state index in [1.807, 2.05) is 32.9 Å². The fourth-order valence-corrected chi connectivity index (χ4v) is 4.98. The standard InChI is InChI=1S/C13H14BrNO2S2/c1-8-6-11(14)4-5-12(8)15-19(16,17)13-7-9(2)18-10(13)3/h4-7,15H,1-3H3. The van der Waals surface area contributed by atoms with Crippen molar-refractivity contribution in [2.75, 3.05) is 4.72 Å². The molecule has 0 aliphatic rings. The SMILES string of the molecule is Cc1cc(S(=O)(=O)Nc2ccc(Br)cc2C)c(C)s1. The van der Waals surface area contributed by atoms with E-state index in [2.05, 4.69) is 20.7 Å². The van der Waals surface area contributed by atoms with E-state index in [1.54, 1.807) is 12.1 Å². The van der Waals surface area contributed by atoms with E-state index in [1.165, 1.54) is 11.3 Å². The van der Waals surface area contributed by atoms with Gasteiger partial charge in [-0.3, -0.25) is 4.72 Å². The molecule has 0 spiro atoms. The number of hydrogen-bond acceptors (Lipinski definition) is 3. The summed E-state index contributed by atoms with van der Waals surface area (Å²) in [6.07, 6.45) is 0. The molecule has 1 heterocycles. The second-order valence-electron chi connectivity index (χ2n) is 4.34. The number of anilines is 1. The minimum Gasteiger partial charge on any atom is -0.279 e. The highest BCUT2D eigenvalue weighted by atomic mass is 79.9. The molecule has 0 fully saturated rings. The number of thiophene rings is 1. The van der Waals surface area contributed by atoms with Crippen LogP contribution >= 0.6 is 27.3 Å². The van der Waals surface area contributed by atoms with Crippen LogP contribution < -0.4 is 4.72 Å². The third-order valence-electron chi connectivity index (χ3n) is 2.72. The summed E-state index contributed by atoms with van der Waals surface area (Å²) in [4.78, 5) is 2.16. The highest BCUT2D eigenvalue weighted by Crippen LogP contribution is 2.28. The smallest absolute Gasteiger partial charge is 0.263 e. The number of halogens is 1. The first-order valence-corrected chi connectivity index (χ1v) is 8.75. The molecule has 0 saturated heterocycles. The highest BCUT2D eigenvalue weighted by molar-refractivity contribution is 9.10. The van der Waals surface area contributed by atoms with Gasteiger partial charge in [0, 0.05) is 14.2 Å². The summed E-state index contributed by atoms with van der Waals surface area (Å²) < 4.78 is 28.3. The van der Waals surface area contributed by atoms with Gasteiger partial charge < -0.3 is 0 Å². The first-order valence-electron chi connectivity index (χ1n) is 5.65. The Bertz CT molecular complexity index is 720. The molecule has 2 aromatic rings. The lowest BCUT2D eigenvalue weighted by Gasteiger charge is -2.10.